The molecule has 0 bridgehead atoms. The van der Waals surface area contributed by atoms with Gasteiger partial charge in [0, 0.05) is 17.5 Å². The molecule has 0 radical (unpaired) electrons. The minimum absolute atomic E-state index is 0.124. The Bertz CT molecular complexity index is 1270. The maximum absolute atomic E-state index is 13.4. The number of halogens is 4. The molecule has 4 rings (SSSR count). The van der Waals surface area contributed by atoms with E-state index in [2.05, 4.69) is 0 Å². The Balaban J connectivity index is 1.59. The highest BCUT2D eigenvalue weighted by Gasteiger charge is 2.41. The van der Waals surface area contributed by atoms with Crippen LogP contribution in [0.1, 0.15) is 28.8 Å². The lowest BCUT2D eigenvalue weighted by Crippen LogP contribution is -2.43. The third-order valence-corrected chi connectivity index (χ3v) is 8.33. The van der Waals surface area contributed by atoms with Crippen molar-refractivity contribution >= 4 is 27.3 Å². The van der Waals surface area contributed by atoms with Crippen LogP contribution in [-0.4, -0.2) is 36.1 Å². The summed E-state index contributed by atoms with van der Waals surface area (Å²) in [5, 5.41) is 1.85. The van der Waals surface area contributed by atoms with E-state index in [9.17, 15) is 30.8 Å². The summed E-state index contributed by atoms with van der Waals surface area (Å²) in [6, 6.07) is 12.4. The number of hydrogen-bond donors (Lipinski definition) is 0. The number of carbonyl (C=O) groups is 1. The second kappa shape index (κ2) is 10.1. The molecule has 1 aromatic heterocycles. The first-order valence-corrected chi connectivity index (χ1v) is 13.1. The maximum Gasteiger partial charge on any atom is 0.416 e. The fourth-order valence-corrected chi connectivity index (χ4v) is 6.01. The van der Waals surface area contributed by atoms with Crippen molar-refractivity contribution in [3.8, 4) is 0 Å². The van der Waals surface area contributed by atoms with Gasteiger partial charge in [-0.15, -0.1) is 11.3 Å². The lowest BCUT2D eigenvalue weighted by Gasteiger charge is -2.27. The Morgan fingerprint density at radius 2 is 1.71 bits per heavy atom. The average molecular weight is 527 g/mol. The first kappa shape index (κ1) is 25.3. The number of sulfonamides is 1. The van der Waals surface area contributed by atoms with E-state index in [0.29, 0.717) is 24.5 Å². The third-order valence-electron chi connectivity index (χ3n) is 5.58. The number of rotatable bonds is 9. The van der Waals surface area contributed by atoms with Gasteiger partial charge in [-0.05, 0) is 60.2 Å². The zero-order chi connectivity index (χ0) is 25.2. The van der Waals surface area contributed by atoms with Crippen molar-refractivity contribution in [1.82, 2.24) is 9.21 Å². The summed E-state index contributed by atoms with van der Waals surface area (Å²) in [7, 11) is -4.35. The topological polar surface area (TPSA) is 57.7 Å². The molecule has 35 heavy (non-hydrogen) atoms. The van der Waals surface area contributed by atoms with Crippen molar-refractivity contribution in [2.24, 2.45) is 0 Å². The fraction of sp³-hybridized carbons (Fsp3) is 0.292. The number of alkyl halides is 3. The zero-order valence-electron chi connectivity index (χ0n) is 18.4. The molecule has 5 nitrogen and oxygen atoms in total. The Morgan fingerprint density at radius 1 is 1.00 bits per heavy atom. The Morgan fingerprint density at radius 3 is 2.31 bits per heavy atom. The largest absolute Gasteiger partial charge is 0.416 e. The van der Waals surface area contributed by atoms with Crippen LogP contribution in [0.15, 0.2) is 70.9 Å². The predicted octanol–water partition coefficient (Wildman–Crippen LogP) is 5.29. The van der Waals surface area contributed by atoms with Crippen LogP contribution in [-0.2, 0) is 34.1 Å². The van der Waals surface area contributed by atoms with Crippen molar-refractivity contribution in [2.75, 3.05) is 6.54 Å². The van der Waals surface area contributed by atoms with Crippen molar-refractivity contribution < 1.29 is 30.8 Å². The molecule has 11 heteroatoms. The average Bonchev–Trinajstić information content (AvgIpc) is 3.52. The van der Waals surface area contributed by atoms with Gasteiger partial charge in [-0.3, -0.25) is 4.79 Å². The fourth-order valence-electron chi connectivity index (χ4n) is 3.61. The smallest absolute Gasteiger partial charge is 0.332 e. The number of hydrogen-bond acceptors (Lipinski definition) is 4. The molecule has 1 fully saturated rings. The van der Waals surface area contributed by atoms with Gasteiger partial charge >= 0.3 is 6.18 Å². The molecule has 1 heterocycles. The van der Waals surface area contributed by atoms with Gasteiger partial charge in [0.2, 0.25) is 15.9 Å². The monoisotopic (exact) mass is 526 g/mol. The summed E-state index contributed by atoms with van der Waals surface area (Å²) in [5.74, 6) is -0.915. The van der Waals surface area contributed by atoms with Crippen LogP contribution >= 0.6 is 11.3 Å². The molecule has 1 aliphatic carbocycles. The summed E-state index contributed by atoms with van der Waals surface area (Å²) < 4.78 is 80.4. The minimum Gasteiger partial charge on any atom is -0.332 e. The Hall–Kier alpha value is -2.76. The summed E-state index contributed by atoms with van der Waals surface area (Å²) in [6.45, 7) is -0.162. The van der Waals surface area contributed by atoms with Crippen LogP contribution in [0.5, 0.6) is 0 Å². The van der Waals surface area contributed by atoms with Crippen LogP contribution < -0.4 is 0 Å². The second-order valence-corrected chi connectivity index (χ2v) is 11.2. The van der Waals surface area contributed by atoms with E-state index in [1.165, 1.54) is 28.4 Å². The number of amides is 1. The molecule has 0 saturated heterocycles. The second-order valence-electron chi connectivity index (χ2n) is 8.26. The standard InChI is InChI=1S/C24H22F4N2O3S2/c25-19-8-6-17(7-9-19)14-29(15-21-4-2-12-34-21)23(31)16-30(20-10-11-20)35(32,33)22-5-1-3-18(13-22)24(26,27)28/h1-9,12-13,20H,10-11,14-16H2. The van der Waals surface area contributed by atoms with Gasteiger partial charge < -0.3 is 4.90 Å². The van der Waals surface area contributed by atoms with Crippen LogP contribution in [0.25, 0.3) is 0 Å². The van der Waals surface area contributed by atoms with E-state index in [1.54, 1.807) is 12.1 Å². The molecule has 0 unspecified atom stereocenters. The minimum atomic E-state index is -4.70. The molecule has 1 aliphatic rings. The number of thiophene rings is 1. The molecule has 1 saturated carbocycles. The SMILES string of the molecule is O=C(CN(C1CC1)S(=O)(=O)c1cccc(C(F)(F)F)c1)N(Cc1ccc(F)cc1)Cc1cccs1. The van der Waals surface area contributed by atoms with Crippen molar-refractivity contribution in [3.05, 3.63) is 87.9 Å². The highest BCUT2D eigenvalue weighted by molar-refractivity contribution is 7.89. The van der Waals surface area contributed by atoms with Crippen LogP contribution in [0, 0.1) is 5.82 Å². The van der Waals surface area contributed by atoms with Gasteiger partial charge in [-0.2, -0.15) is 17.5 Å². The molecule has 0 spiro atoms. The lowest BCUT2D eigenvalue weighted by atomic mass is 10.2. The molecule has 0 N–H and O–H groups in total. The van der Waals surface area contributed by atoms with Crippen molar-refractivity contribution in [1.29, 1.82) is 0 Å². The Kier molecular flexibility index (Phi) is 7.30. The summed E-state index contributed by atoms with van der Waals surface area (Å²) in [5.41, 5.74) is -0.411. The molecule has 2 aromatic carbocycles. The normalized spacial score (nSPS) is 14.3. The molecular formula is C24H22F4N2O3S2. The summed E-state index contributed by atoms with van der Waals surface area (Å²) >= 11 is 1.43. The Labute approximate surface area is 204 Å². The van der Waals surface area contributed by atoms with E-state index in [1.807, 2.05) is 17.5 Å². The number of carbonyl (C=O) groups excluding carboxylic acids is 1. The molecule has 3 aromatic rings. The van der Waals surface area contributed by atoms with Gasteiger partial charge in [0.05, 0.1) is 23.5 Å². The number of benzene rings is 2. The van der Waals surface area contributed by atoms with Crippen molar-refractivity contribution in [3.63, 3.8) is 0 Å². The third kappa shape index (κ3) is 6.28. The van der Waals surface area contributed by atoms with Crippen LogP contribution in [0.4, 0.5) is 17.6 Å². The van der Waals surface area contributed by atoms with E-state index in [-0.39, 0.29) is 13.1 Å². The van der Waals surface area contributed by atoms with Gasteiger partial charge in [0.1, 0.15) is 5.82 Å². The van der Waals surface area contributed by atoms with E-state index in [0.717, 1.165) is 27.4 Å². The van der Waals surface area contributed by atoms with Gasteiger partial charge in [0.25, 0.3) is 0 Å². The van der Waals surface area contributed by atoms with E-state index in [4.69, 9.17) is 0 Å². The van der Waals surface area contributed by atoms with Crippen LogP contribution in [0.3, 0.4) is 0 Å². The quantitative estimate of drug-likeness (QED) is 0.356. The van der Waals surface area contributed by atoms with E-state index >= 15 is 0 Å². The van der Waals surface area contributed by atoms with Gasteiger partial charge in [-0.25, -0.2) is 12.8 Å². The molecule has 0 atom stereocenters. The predicted molar refractivity (Wildman–Crippen MR) is 123 cm³/mol. The summed E-state index contributed by atoms with van der Waals surface area (Å²) in [4.78, 5) is 15.2. The van der Waals surface area contributed by atoms with Crippen LogP contribution in [0.2, 0.25) is 0 Å². The molecular weight excluding hydrogens is 504 g/mol. The summed E-state index contributed by atoms with van der Waals surface area (Å²) in [6.07, 6.45) is -3.65. The highest BCUT2D eigenvalue weighted by Crippen LogP contribution is 2.35. The molecule has 186 valence electrons. The first-order valence-electron chi connectivity index (χ1n) is 10.8. The van der Waals surface area contributed by atoms with Crippen molar-refractivity contribution in [2.45, 2.75) is 43.0 Å². The van der Waals surface area contributed by atoms with Gasteiger partial charge in [-0.1, -0.05) is 24.3 Å². The molecule has 1 amide bonds. The zero-order valence-corrected chi connectivity index (χ0v) is 20.0. The highest BCUT2D eigenvalue weighted by atomic mass is 32.2. The van der Waals surface area contributed by atoms with Gasteiger partial charge in [0.15, 0.2) is 0 Å². The lowest BCUT2D eigenvalue weighted by molar-refractivity contribution is -0.137. The van der Waals surface area contributed by atoms with E-state index < -0.39 is 51.0 Å². The molecule has 0 aliphatic heterocycles. The number of nitrogens with zero attached hydrogens (tertiary/aromatic N) is 2. The first-order chi connectivity index (χ1) is 16.5. The maximum atomic E-state index is 13.4.